The number of benzene rings is 1. The number of carbonyl (C=O) groups is 2. The van der Waals surface area contributed by atoms with Crippen molar-refractivity contribution in [1.82, 2.24) is 10.2 Å². The molecule has 1 aromatic carbocycles. The van der Waals surface area contributed by atoms with Crippen molar-refractivity contribution in [1.29, 1.82) is 0 Å². The first-order chi connectivity index (χ1) is 13.1. The molecule has 2 fully saturated rings. The molecule has 5 nitrogen and oxygen atoms in total. The molecule has 1 saturated carbocycles. The summed E-state index contributed by atoms with van der Waals surface area (Å²) in [5.41, 5.74) is 1.29. The molecule has 27 heavy (non-hydrogen) atoms. The highest BCUT2D eigenvalue weighted by Crippen LogP contribution is 2.24. The van der Waals surface area contributed by atoms with Gasteiger partial charge in [0.1, 0.15) is 0 Å². The average molecular weight is 392 g/mol. The molecule has 2 amide bonds. The largest absolute Gasteiger partial charge is 0.376 e. The van der Waals surface area contributed by atoms with E-state index in [2.05, 4.69) is 10.6 Å². The summed E-state index contributed by atoms with van der Waals surface area (Å²) in [6, 6.07) is 5.30. The van der Waals surface area contributed by atoms with Gasteiger partial charge in [-0.2, -0.15) is 0 Å². The van der Waals surface area contributed by atoms with E-state index in [0.717, 1.165) is 38.2 Å². The van der Waals surface area contributed by atoms with Crippen LogP contribution in [0.3, 0.4) is 0 Å². The zero-order valence-electron chi connectivity index (χ0n) is 15.9. The molecule has 0 spiro atoms. The number of carbonyl (C=O) groups excluding carboxylic acids is 2. The van der Waals surface area contributed by atoms with Crippen molar-refractivity contribution in [3.05, 3.63) is 28.8 Å². The minimum absolute atomic E-state index is 0.00326. The Morgan fingerprint density at radius 1 is 1.04 bits per heavy atom. The standard InChI is InChI=1S/C21H30ClN3O2/c22-19-13-17(9-10-18(19)21(27)25-11-5-2-6-12-25)23-15-20(26)24-14-16-7-3-1-4-8-16/h9-10,13,16,23H,1-8,11-12,14-15H2,(H,24,26). The van der Waals surface area contributed by atoms with Crippen LogP contribution >= 0.6 is 11.6 Å². The van der Waals surface area contributed by atoms with Crippen molar-refractivity contribution in [3.63, 3.8) is 0 Å². The van der Waals surface area contributed by atoms with Gasteiger partial charge in [0.15, 0.2) is 0 Å². The van der Waals surface area contributed by atoms with E-state index in [1.807, 2.05) is 11.0 Å². The number of amides is 2. The predicted molar refractivity (Wildman–Crippen MR) is 109 cm³/mol. The third-order valence-electron chi connectivity index (χ3n) is 5.61. The third kappa shape index (κ3) is 5.86. The lowest BCUT2D eigenvalue weighted by Gasteiger charge is -2.27. The Kier molecular flexibility index (Phi) is 7.39. The van der Waals surface area contributed by atoms with Gasteiger partial charge in [-0.3, -0.25) is 9.59 Å². The van der Waals surface area contributed by atoms with Crippen LogP contribution in [0.15, 0.2) is 18.2 Å². The lowest BCUT2D eigenvalue weighted by molar-refractivity contribution is -0.119. The Morgan fingerprint density at radius 2 is 1.74 bits per heavy atom. The highest BCUT2D eigenvalue weighted by Gasteiger charge is 2.20. The molecule has 2 aliphatic rings. The van der Waals surface area contributed by atoms with E-state index in [9.17, 15) is 9.59 Å². The number of hydrogen-bond acceptors (Lipinski definition) is 3. The maximum Gasteiger partial charge on any atom is 0.255 e. The van der Waals surface area contributed by atoms with Crippen LogP contribution in [0.2, 0.25) is 5.02 Å². The molecule has 1 aromatic rings. The number of halogens is 1. The van der Waals surface area contributed by atoms with Gasteiger partial charge in [-0.15, -0.1) is 0 Å². The van der Waals surface area contributed by atoms with E-state index in [4.69, 9.17) is 11.6 Å². The number of anilines is 1. The number of rotatable bonds is 6. The molecular formula is C21H30ClN3O2. The lowest BCUT2D eigenvalue weighted by atomic mass is 9.89. The molecule has 1 saturated heterocycles. The van der Waals surface area contributed by atoms with Gasteiger partial charge < -0.3 is 15.5 Å². The van der Waals surface area contributed by atoms with Gasteiger partial charge in [0.2, 0.25) is 5.91 Å². The fourth-order valence-corrected chi connectivity index (χ4v) is 4.22. The van der Waals surface area contributed by atoms with Gasteiger partial charge >= 0.3 is 0 Å². The quantitative estimate of drug-likeness (QED) is 0.768. The minimum atomic E-state index is -0.00911. The predicted octanol–water partition coefficient (Wildman–Crippen LogP) is 4.07. The van der Waals surface area contributed by atoms with Crippen molar-refractivity contribution >= 4 is 29.1 Å². The molecule has 6 heteroatoms. The van der Waals surface area contributed by atoms with Crippen LogP contribution in [-0.4, -0.2) is 42.9 Å². The van der Waals surface area contributed by atoms with E-state index >= 15 is 0 Å². The fourth-order valence-electron chi connectivity index (χ4n) is 3.96. The highest BCUT2D eigenvalue weighted by atomic mass is 35.5. The Morgan fingerprint density at radius 3 is 2.44 bits per heavy atom. The molecule has 0 bridgehead atoms. The summed E-state index contributed by atoms with van der Waals surface area (Å²) < 4.78 is 0. The Balaban J connectivity index is 1.46. The smallest absolute Gasteiger partial charge is 0.255 e. The number of nitrogens with one attached hydrogen (secondary N) is 2. The van der Waals surface area contributed by atoms with Gasteiger partial charge in [-0.25, -0.2) is 0 Å². The summed E-state index contributed by atoms with van der Waals surface area (Å²) in [6.07, 6.45) is 9.61. The SMILES string of the molecule is O=C(CNc1ccc(C(=O)N2CCCCC2)c(Cl)c1)NCC1CCCCC1. The molecule has 0 atom stereocenters. The Labute approximate surface area is 166 Å². The first-order valence-electron chi connectivity index (χ1n) is 10.2. The maximum absolute atomic E-state index is 12.6. The summed E-state index contributed by atoms with van der Waals surface area (Å²) in [5, 5.41) is 6.54. The second-order valence-corrected chi connectivity index (χ2v) is 8.12. The molecule has 3 rings (SSSR count). The molecule has 2 N–H and O–H groups in total. The molecule has 1 aliphatic carbocycles. The second-order valence-electron chi connectivity index (χ2n) is 7.71. The van der Waals surface area contributed by atoms with Gasteiger partial charge in [0.25, 0.3) is 5.91 Å². The van der Waals surface area contributed by atoms with Crippen molar-refractivity contribution in [2.45, 2.75) is 51.4 Å². The normalized spacial score (nSPS) is 18.2. The molecule has 1 aliphatic heterocycles. The molecule has 0 unspecified atom stereocenters. The summed E-state index contributed by atoms with van der Waals surface area (Å²) in [4.78, 5) is 26.5. The first-order valence-corrected chi connectivity index (χ1v) is 10.6. The maximum atomic E-state index is 12.6. The van der Waals surface area contributed by atoms with Crippen LogP contribution in [0, 0.1) is 5.92 Å². The van der Waals surface area contributed by atoms with Crippen LogP contribution in [0.25, 0.3) is 0 Å². The van der Waals surface area contributed by atoms with E-state index in [0.29, 0.717) is 16.5 Å². The number of likely N-dealkylation sites (tertiary alicyclic amines) is 1. The second kappa shape index (κ2) is 9.98. The van der Waals surface area contributed by atoms with E-state index in [-0.39, 0.29) is 18.4 Å². The molecule has 1 heterocycles. The molecule has 0 aromatic heterocycles. The van der Waals surface area contributed by atoms with Crippen LogP contribution < -0.4 is 10.6 Å². The number of hydrogen-bond donors (Lipinski definition) is 2. The summed E-state index contributed by atoms with van der Waals surface area (Å²) >= 11 is 6.33. The summed E-state index contributed by atoms with van der Waals surface area (Å²) in [7, 11) is 0. The van der Waals surface area contributed by atoms with Crippen LogP contribution in [0.5, 0.6) is 0 Å². The van der Waals surface area contributed by atoms with E-state index in [1.54, 1.807) is 12.1 Å². The molecule has 148 valence electrons. The summed E-state index contributed by atoms with van der Waals surface area (Å²) in [6.45, 7) is 2.58. The zero-order chi connectivity index (χ0) is 19.1. The van der Waals surface area contributed by atoms with Crippen molar-refractivity contribution < 1.29 is 9.59 Å². The van der Waals surface area contributed by atoms with Gasteiger partial charge in [-0.05, 0) is 56.2 Å². The topological polar surface area (TPSA) is 61.4 Å². The van der Waals surface area contributed by atoms with E-state index < -0.39 is 0 Å². The van der Waals surface area contributed by atoms with Crippen LogP contribution in [0.4, 0.5) is 5.69 Å². The van der Waals surface area contributed by atoms with Gasteiger partial charge in [0, 0.05) is 25.3 Å². The third-order valence-corrected chi connectivity index (χ3v) is 5.92. The average Bonchev–Trinajstić information content (AvgIpc) is 2.72. The lowest BCUT2D eigenvalue weighted by Crippen LogP contribution is -2.35. The molecular weight excluding hydrogens is 362 g/mol. The highest BCUT2D eigenvalue weighted by molar-refractivity contribution is 6.34. The monoisotopic (exact) mass is 391 g/mol. The Hall–Kier alpha value is -1.75. The number of piperidine rings is 1. The minimum Gasteiger partial charge on any atom is -0.376 e. The Bertz CT molecular complexity index is 653. The van der Waals surface area contributed by atoms with Crippen LogP contribution in [-0.2, 0) is 4.79 Å². The van der Waals surface area contributed by atoms with Crippen molar-refractivity contribution in [3.8, 4) is 0 Å². The van der Waals surface area contributed by atoms with Crippen molar-refractivity contribution in [2.24, 2.45) is 5.92 Å². The molecule has 0 radical (unpaired) electrons. The van der Waals surface area contributed by atoms with Gasteiger partial charge in [-0.1, -0.05) is 30.9 Å². The fraction of sp³-hybridized carbons (Fsp3) is 0.619. The van der Waals surface area contributed by atoms with Gasteiger partial charge in [0.05, 0.1) is 17.1 Å². The van der Waals surface area contributed by atoms with Crippen LogP contribution in [0.1, 0.15) is 61.7 Å². The number of nitrogens with zero attached hydrogens (tertiary/aromatic N) is 1. The zero-order valence-corrected chi connectivity index (χ0v) is 16.7. The summed E-state index contributed by atoms with van der Waals surface area (Å²) in [5.74, 6) is 0.610. The first kappa shape index (κ1) is 20.0. The van der Waals surface area contributed by atoms with Crippen molar-refractivity contribution in [2.75, 3.05) is 31.5 Å². The van der Waals surface area contributed by atoms with E-state index in [1.165, 1.54) is 38.5 Å².